The average molecular weight is 233 g/mol. The van der Waals surface area contributed by atoms with Crippen LogP contribution in [0.25, 0.3) is 0 Å². The van der Waals surface area contributed by atoms with E-state index < -0.39 is 0 Å². The summed E-state index contributed by atoms with van der Waals surface area (Å²) in [5.41, 5.74) is 1.43. The lowest BCUT2D eigenvalue weighted by Crippen LogP contribution is -2.29. The predicted molar refractivity (Wildman–Crippen MR) is 76.0 cm³/mol. The Balaban J connectivity index is 2.51. The lowest BCUT2D eigenvalue weighted by molar-refractivity contribution is 0.223. The largest absolute Gasteiger partial charge is 0.299 e. The molecule has 0 saturated carbocycles. The standard InChI is InChI=1S/C16H27N/c1-14(2)10-11-17(12-15(3)4)13-16-8-6-5-7-9-16/h5-9,14-15H,10-13H2,1-4H3. The zero-order valence-corrected chi connectivity index (χ0v) is 11.8. The zero-order chi connectivity index (χ0) is 12.7. The number of hydrogen-bond acceptors (Lipinski definition) is 1. The molecule has 0 aliphatic heterocycles. The van der Waals surface area contributed by atoms with Gasteiger partial charge in [0.1, 0.15) is 0 Å². The molecular formula is C16H27N. The minimum absolute atomic E-state index is 0.742. The number of nitrogens with zero attached hydrogens (tertiary/aromatic N) is 1. The molecular weight excluding hydrogens is 206 g/mol. The third-order valence-corrected chi connectivity index (χ3v) is 2.90. The van der Waals surface area contributed by atoms with Gasteiger partial charge in [0.15, 0.2) is 0 Å². The van der Waals surface area contributed by atoms with Crippen molar-refractivity contribution in [1.29, 1.82) is 0 Å². The molecule has 0 unspecified atom stereocenters. The second-order valence-electron chi connectivity index (χ2n) is 5.80. The monoisotopic (exact) mass is 233 g/mol. The summed E-state index contributed by atoms with van der Waals surface area (Å²) in [5.74, 6) is 1.53. The van der Waals surface area contributed by atoms with Gasteiger partial charge in [-0.2, -0.15) is 0 Å². The molecule has 0 atom stereocenters. The zero-order valence-electron chi connectivity index (χ0n) is 11.8. The molecule has 1 heteroatoms. The summed E-state index contributed by atoms with van der Waals surface area (Å²) in [6, 6.07) is 10.8. The van der Waals surface area contributed by atoms with E-state index in [1.165, 1.54) is 25.1 Å². The molecule has 1 aromatic carbocycles. The Hall–Kier alpha value is -0.820. The van der Waals surface area contributed by atoms with Crippen LogP contribution in [0, 0.1) is 11.8 Å². The molecule has 1 nitrogen and oxygen atoms in total. The van der Waals surface area contributed by atoms with Gasteiger partial charge in [-0.1, -0.05) is 58.0 Å². The summed E-state index contributed by atoms with van der Waals surface area (Å²) in [5, 5.41) is 0. The van der Waals surface area contributed by atoms with Gasteiger partial charge in [-0.15, -0.1) is 0 Å². The SMILES string of the molecule is CC(C)CCN(Cc1ccccc1)CC(C)C. The summed E-state index contributed by atoms with van der Waals surface area (Å²) in [7, 11) is 0. The molecule has 17 heavy (non-hydrogen) atoms. The van der Waals surface area contributed by atoms with Gasteiger partial charge in [0, 0.05) is 13.1 Å². The van der Waals surface area contributed by atoms with E-state index >= 15 is 0 Å². The second kappa shape index (κ2) is 7.50. The van der Waals surface area contributed by atoms with E-state index in [0.29, 0.717) is 0 Å². The van der Waals surface area contributed by atoms with Crippen LogP contribution < -0.4 is 0 Å². The number of benzene rings is 1. The molecule has 96 valence electrons. The maximum atomic E-state index is 2.58. The van der Waals surface area contributed by atoms with E-state index in [2.05, 4.69) is 62.9 Å². The summed E-state index contributed by atoms with van der Waals surface area (Å²) in [6.45, 7) is 12.7. The Morgan fingerprint density at radius 1 is 0.941 bits per heavy atom. The van der Waals surface area contributed by atoms with Crippen LogP contribution in [0.5, 0.6) is 0 Å². The molecule has 0 fully saturated rings. The first kappa shape index (κ1) is 14.2. The van der Waals surface area contributed by atoms with E-state index in [1.54, 1.807) is 0 Å². The highest BCUT2D eigenvalue weighted by Gasteiger charge is 2.08. The average Bonchev–Trinajstić information content (AvgIpc) is 2.26. The first-order valence-electron chi connectivity index (χ1n) is 6.84. The van der Waals surface area contributed by atoms with Crippen LogP contribution in [0.1, 0.15) is 39.7 Å². The molecule has 0 spiro atoms. The fraction of sp³-hybridized carbons (Fsp3) is 0.625. The van der Waals surface area contributed by atoms with Crippen molar-refractivity contribution in [2.45, 2.75) is 40.7 Å². The van der Waals surface area contributed by atoms with Gasteiger partial charge < -0.3 is 0 Å². The van der Waals surface area contributed by atoms with E-state index in [4.69, 9.17) is 0 Å². The molecule has 0 heterocycles. The van der Waals surface area contributed by atoms with Crippen molar-refractivity contribution in [3.8, 4) is 0 Å². The highest BCUT2D eigenvalue weighted by Crippen LogP contribution is 2.10. The maximum absolute atomic E-state index is 2.58. The lowest BCUT2D eigenvalue weighted by Gasteiger charge is -2.25. The molecule has 0 radical (unpaired) electrons. The Morgan fingerprint density at radius 2 is 1.59 bits per heavy atom. The highest BCUT2D eigenvalue weighted by atomic mass is 15.1. The van der Waals surface area contributed by atoms with Gasteiger partial charge in [-0.25, -0.2) is 0 Å². The quantitative estimate of drug-likeness (QED) is 0.682. The molecule has 0 aromatic heterocycles. The third kappa shape index (κ3) is 6.48. The normalized spacial score (nSPS) is 11.7. The van der Waals surface area contributed by atoms with E-state index in [0.717, 1.165) is 18.4 Å². The van der Waals surface area contributed by atoms with Crippen molar-refractivity contribution in [1.82, 2.24) is 4.90 Å². The second-order valence-corrected chi connectivity index (χ2v) is 5.80. The van der Waals surface area contributed by atoms with Crippen LogP contribution in [0.4, 0.5) is 0 Å². The summed E-state index contributed by atoms with van der Waals surface area (Å²) in [6.07, 6.45) is 1.29. The first-order valence-corrected chi connectivity index (χ1v) is 6.84. The van der Waals surface area contributed by atoms with Gasteiger partial charge in [0.05, 0.1) is 0 Å². The predicted octanol–water partition coefficient (Wildman–Crippen LogP) is 4.19. The molecule has 1 rings (SSSR count). The van der Waals surface area contributed by atoms with Crippen molar-refractivity contribution in [2.24, 2.45) is 11.8 Å². The van der Waals surface area contributed by atoms with Crippen molar-refractivity contribution < 1.29 is 0 Å². The molecule has 0 saturated heterocycles. The van der Waals surface area contributed by atoms with Gasteiger partial charge >= 0.3 is 0 Å². The molecule has 0 aliphatic carbocycles. The van der Waals surface area contributed by atoms with Crippen molar-refractivity contribution in [2.75, 3.05) is 13.1 Å². The summed E-state index contributed by atoms with van der Waals surface area (Å²) >= 11 is 0. The Labute approximate surface area is 107 Å². The Kier molecular flexibility index (Phi) is 6.28. The topological polar surface area (TPSA) is 3.24 Å². The third-order valence-electron chi connectivity index (χ3n) is 2.90. The van der Waals surface area contributed by atoms with Crippen LogP contribution in [0.2, 0.25) is 0 Å². The number of hydrogen-bond donors (Lipinski definition) is 0. The summed E-state index contributed by atoms with van der Waals surface area (Å²) in [4.78, 5) is 2.58. The van der Waals surface area contributed by atoms with E-state index in [-0.39, 0.29) is 0 Å². The minimum Gasteiger partial charge on any atom is -0.299 e. The fourth-order valence-electron chi connectivity index (χ4n) is 2.03. The molecule has 0 aliphatic rings. The van der Waals surface area contributed by atoms with Crippen LogP contribution in [-0.4, -0.2) is 18.0 Å². The lowest BCUT2D eigenvalue weighted by atomic mass is 10.1. The van der Waals surface area contributed by atoms with Crippen LogP contribution in [0.3, 0.4) is 0 Å². The van der Waals surface area contributed by atoms with Crippen molar-refractivity contribution in [3.05, 3.63) is 35.9 Å². The number of rotatable bonds is 7. The highest BCUT2D eigenvalue weighted by molar-refractivity contribution is 5.14. The van der Waals surface area contributed by atoms with Crippen LogP contribution in [0.15, 0.2) is 30.3 Å². The minimum atomic E-state index is 0.742. The molecule has 0 bridgehead atoms. The van der Waals surface area contributed by atoms with Crippen molar-refractivity contribution >= 4 is 0 Å². The molecule has 0 amide bonds. The van der Waals surface area contributed by atoms with E-state index in [1.807, 2.05) is 0 Å². The van der Waals surface area contributed by atoms with Crippen LogP contribution in [-0.2, 0) is 6.54 Å². The van der Waals surface area contributed by atoms with E-state index in [9.17, 15) is 0 Å². The van der Waals surface area contributed by atoms with Gasteiger partial charge in [0.25, 0.3) is 0 Å². The Morgan fingerprint density at radius 3 is 2.12 bits per heavy atom. The van der Waals surface area contributed by atoms with Crippen LogP contribution >= 0.6 is 0 Å². The van der Waals surface area contributed by atoms with Gasteiger partial charge in [-0.3, -0.25) is 4.90 Å². The first-order chi connectivity index (χ1) is 8.08. The summed E-state index contributed by atoms with van der Waals surface area (Å²) < 4.78 is 0. The molecule has 1 aromatic rings. The Bertz CT molecular complexity index is 290. The van der Waals surface area contributed by atoms with Crippen molar-refractivity contribution in [3.63, 3.8) is 0 Å². The molecule has 0 N–H and O–H groups in total. The smallest absolute Gasteiger partial charge is 0.0233 e. The fourth-order valence-corrected chi connectivity index (χ4v) is 2.03. The maximum Gasteiger partial charge on any atom is 0.0233 e. The van der Waals surface area contributed by atoms with Gasteiger partial charge in [-0.05, 0) is 30.4 Å². The van der Waals surface area contributed by atoms with Gasteiger partial charge in [0.2, 0.25) is 0 Å².